The molecule has 0 radical (unpaired) electrons. The van der Waals surface area contributed by atoms with Gasteiger partial charge in [-0.05, 0) is 36.2 Å². The van der Waals surface area contributed by atoms with E-state index in [1.54, 1.807) is 18.3 Å². The highest BCUT2D eigenvalue weighted by Gasteiger charge is 1.97. The van der Waals surface area contributed by atoms with Crippen LogP contribution in [0.4, 0.5) is 5.82 Å². The van der Waals surface area contributed by atoms with Crippen molar-refractivity contribution in [1.29, 1.82) is 5.26 Å². The van der Waals surface area contributed by atoms with Gasteiger partial charge in [0.2, 0.25) is 0 Å². The van der Waals surface area contributed by atoms with E-state index in [4.69, 9.17) is 5.26 Å². The zero-order valence-electron chi connectivity index (χ0n) is 8.42. The number of anilines is 1. The molecule has 0 aliphatic heterocycles. The Morgan fingerprint density at radius 3 is 2.75 bits per heavy atom. The topological polar surface area (TPSA) is 48.7 Å². The van der Waals surface area contributed by atoms with Crippen LogP contribution in [-0.4, -0.2) is 4.98 Å². The second kappa shape index (κ2) is 5.19. The summed E-state index contributed by atoms with van der Waals surface area (Å²) < 4.78 is 3.09. The lowest BCUT2D eigenvalue weighted by atomic mass is 10.3. The number of hydrogen-bond acceptors (Lipinski definition) is 4. The molecule has 4 heteroatoms. The first kappa shape index (κ1) is 10.5. The Balaban J connectivity index is 2.03. The molecule has 1 heterocycles. The van der Waals surface area contributed by atoms with Gasteiger partial charge in [-0.2, -0.15) is 5.26 Å². The summed E-state index contributed by atoms with van der Waals surface area (Å²) in [6, 6.07) is 15.4. The van der Waals surface area contributed by atoms with Gasteiger partial charge in [-0.1, -0.05) is 18.2 Å². The minimum atomic E-state index is 0.603. The van der Waals surface area contributed by atoms with Gasteiger partial charge >= 0.3 is 0 Å². The molecule has 0 aliphatic carbocycles. The van der Waals surface area contributed by atoms with Crippen molar-refractivity contribution in [1.82, 2.24) is 4.98 Å². The summed E-state index contributed by atoms with van der Waals surface area (Å²) in [5.41, 5.74) is 0.603. The fourth-order valence-electron chi connectivity index (χ4n) is 1.16. The number of rotatable bonds is 3. The van der Waals surface area contributed by atoms with Crippen LogP contribution in [-0.2, 0) is 0 Å². The Bertz CT molecular complexity index is 505. The van der Waals surface area contributed by atoms with Crippen molar-refractivity contribution in [2.75, 3.05) is 4.72 Å². The Hall–Kier alpha value is -1.99. The molecule has 2 rings (SSSR count). The van der Waals surface area contributed by atoms with Crippen molar-refractivity contribution < 1.29 is 0 Å². The molecular formula is C12H9N3S. The second-order valence-electron chi connectivity index (χ2n) is 3.06. The standard InChI is InChI=1S/C12H9N3S/c13-9-10-6-7-14-12(8-10)15-16-11-4-2-1-3-5-11/h1-8H,(H,14,15). The van der Waals surface area contributed by atoms with Gasteiger partial charge in [-0.25, -0.2) is 4.98 Å². The van der Waals surface area contributed by atoms with E-state index in [1.165, 1.54) is 11.9 Å². The highest BCUT2D eigenvalue weighted by molar-refractivity contribution is 8.00. The van der Waals surface area contributed by atoms with Gasteiger partial charge < -0.3 is 4.72 Å². The van der Waals surface area contributed by atoms with Gasteiger partial charge in [-0.15, -0.1) is 0 Å². The second-order valence-corrected chi connectivity index (χ2v) is 3.94. The Labute approximate surface area is 98.3 Å². The van der Waals surface area contributed by atoms with Crippen LogP contribution < -0.4 is 4.72 Å². The smallest absolute Gasteiger partial charge is 0.137 e. The van der Waals surface area contributed by atoms with E-state index in [0.717, 1.165) is 4.90 Å². The van der Waals surface area contributed by atoms with Crippen molar-refractivity contribution in [3.8, 4) is 6.07 Å². The van der Waals surface area contributed by atoms with Crippen LogP contribution >= 0.6 is 11.9 Å². The number of benzene rings is 1. The lowest BCUT2D eigenvalue weighted by molar-refractivity contribution is 1.32. The molecule has 0 saturated heterocycles. The van der Waals surface area contributed by atoms with Crippen LogP contribution in [0.3, 0.4) is 0 Å². The lowest BCUT2D eigenvalue weighted by Gasteiger charge is -2.03. The van der Waals surface area contributed by atoms with Crippen LogP contribution in [0.2, 0.25) is 0 Å². The van der Waals surface area contributed by atoms with Gasteiger partial charge in [0.05, 0.1) is 11.6 Å². The number of nitrogens with one attached hydrogen (secondary N) is 1. The average molecular weight is 227 g/mol. The van der Waals surface area contributed by atoms with E-state index in [-0.39, 0.29) is 0 Å². The van der Waals surface area contributed by atoms with Gasteiger partial charge in [0.1, 0.15) is 5.82 Å². The minimum Gasteiger partial charge on any atom is -0.310 e. The SMILES string of the molecule is N#Cc1ccnc(NSc2ccccc2)c1. The number of nitriles is 1. The van der Waals surface area contributed by atoms with Gasteiger partial charge in [0.25, 0.3) is 0 Å². The molecule has 2 aromatic rings. The summed E-state index contributed by atoms with van der Waals surface area (Å²) in [7, 11) is 0. The Morgan fingerprint density at radius 1 is 1.19 bits per heavy atom. The zero-order valence-corrected chi connectivity index (χ0v) is 9.24. The van der Waals surface area contributed by atoms with Gasteiger partial charge in [-0.3, -0.25) is 0 Å². The molecule has 1 aromatic heterocycles. The quantitative estimate of drug-likeness (QED) is 0.819. The summed E-state index contributed by atoms with van der Waals surface area (Å²) in [4.78, 5) is 5.22. The largest absolute Gasteiger partial charge is 0.310 e. The van der Waals surface area contributed by atoms with Crippen LogP contribution in [0.5, 0.6) is 0 Å². The molecule has 0 atom stereocenters. The highest BCUT2D eigenvalue weighted by Crippen LogP contribution is 2.19. The van der Waals surface area contributed by atoms with Crippen LogP contribution in [0.15, 0.2) is 53.6 Å². The van der Waals surface area contributed by atoms with Crippen LogP contribution in [0.25, 0.3) is 0 Å². The number of aromatic nitrogens is 1. The van der Waals surface area contributed by atoms with E-state index in [9.17, 15) is 0 Å². The summed E-state index contributed by atoms with van der Waals surface area (Å²) in [6.07, 6.45) is 1.62. The maximum atomic E-state index is 8.73. The lowest BCUT2D eigenvalue weighted by Crippen LogP contribution is -1.90. The van der Waals surface area contributed by atoms with Crippen LogP contribution in [0, 0.1) is 11.3 Å². The molecular weight excluding hydrogens is 218 g/mol. The molecule has 0 fully saturated rings. The first-order valence-corrected chi connectivity index (χ1v) is 5.54. The molecule has 1 aromatic carbocycles. The molecule has 78 valence electrons. The molecule has 16 heavy (non-hydrogen) atoms. The monoisotopic (exact) mass is 227 g/mol. The number of nitrogens with zero attached hydrogens (tertiary/aromatic N) is 2. The summed E-state index contributed by atoms with van der Waals surface area (Å²) >= 11 is 1.47. The summed E-state index contributed by atoms with van der Waals surface area (Å²) in [5, 5.41) is 8.73. The molecule has 0 saturated carbocycles. The fraction of sp³-hybridized carbons (Fsp3) is 0. The number of pyridine rings is 1. The van der Waals surface area contributed by atoms with Crippen molar-refractivity contribution in [2.24, 2.45) is 0 Å². The molecule has 0 bridgehead atoms. The Kier molecular flexibility index (Phi) is 3.42. The number of hydrogen-bond donors (Lipinski definition) is 1. The third-order valence-electron chi connectivity index (χ3n) is 1.91. The first-order valence-electron chi connectivity index (χ1n) is 4.72. The normalized spacial score (nSPS) is 9.44. The predicted octanol–water partition coefficient (Wildman–Crippen LogP) is 3.07. The third-order valence-corrected chi connectivity index (χ3v) is 2.72. The molecule has 3 nitrogen and oxygen atoms in total. The average Bonchev–Trinajstić information content (AvgIpc) is 2.38. The predicted molar refractivity (Wildman–Crippen MR) is 64.9 cm³/mol. The van der Waals surface area contributed by atoms with Crippen molar-refractivity contribution in [2.45, 2.75) is 4.90 Å². The first-order chi connectivity index (χ1) is 7.88. The fourth-order valence-corrected chi connectivity index (χ4v) is 1.78. The molecule has 0 amide bonds. The zero-order chi connectivity index (χ0) is 11.2. The van der Waals surface area contributed by atoms with Crippen LogP contribution in [0.1, 0.15) is 5.56 Å². The van der Waals surface area contributed by atoms with Gasteiger partial charge in [0.15, 0.2) is 0 Å². The van der Waals surface area contributed by atoms with Gasteiger partial charge in [0, 0.05) is 11.1 Å². The minimum absolute atomic E-state index is 0.603. The molecule has 0 aliphatic rings. The van der Waals surface area contributed by atoms with E-state index < -0.39 is 0 Å². The Morgan fingerprint density at radius 2 is 2.00 bits per heavy atom. The summed E-state index contributed by atoms with van der Waals surface area (Å²) in [6.45, 7) is 0. The van der Waals surface area contributed by atoms with Crippen molar-refractivity contribution in [3.05, 3.63) is 54.2 Å². The van der Waals surface area contributed by atoms with E-state index in [1.807, 2.05) is 30.3 Å². The van der Waals surface area contributed by atoms with Crippen molar-refractivity contribution in [3.63, 3.8) is 0 Å². The van der Waals surface area contributed by atoms with E-state index >= 15 is 0 Å². The van der Waals surface area contributed by atoms with E-state index in [0.29, 0.717) is 11.4 Å². The molecule has 0 spiro atoms. The third kappa shape index (κ3) is 2.75. The van der Waals surface area contributed by atoms with Crippen molar-refractivity contribution >= 4 is 17.8 Å². The maximum absolute atomic E-state index is 8.73. The molecule has 0 unspecified atom stereocenters. The highest BCUT2D eigenvalue weighted by atomic mass is 32.2. The maximum Gasteiger partial charge on any atom is 0.137 e. The summed E-state index contributed by atoms with van der Waals surface area (Å²) in [5.74, 6) is 0.688. The van der Waals surface area contributed by atoms with E-state index in [2.05, 4.69) is 15.8 Å². The molecule has 1 N–H and O–H groups in total.